The standard InChI is InChI=1S/C21H20N2O3/c1-14(21(25)23-19-7-2-4-16(11-19)13-22)26-20(24)12-15-8-9-17-5-3-6-18(17)10-15/h2,4,7-11,14H,3,5-6,12H2,1H3,(H,23,25)/t14-/m1/s1. The quantitative estimate of drug-likeness (QED) is 0.842. The van der Waals surface area contributed by atoms with Gasteiger partial charge in [-0.3, -0.25) is 9.59 Å². The molecule has 0 aromatic heterocycles. The molecule has 0 spiro atoms. The molecule has 0 radical (unpaired) electrons. The maximum atomic E-state index is 12.2. The van der Waals surface area contributed by atoms with E-state index in [1.54, 1.807) is 24.3 Å². The van der Waals surface area contributed by atoms with E-state index in [2.05, 4.69) is 17.4 Å². The van der Waals surface area contributed by atoms with Crippen LogP contribution in [0.2, 0.25) is 0 Å². The number of nitriles is 1. The van der Waals surface area contributed by atoms with Crippen molar-refractivity contribution in [3.05, 3.63) is 64.7 Å². The van der Waals surface area contributed by atoms with Gasteiger partial charge in [0.15, 0.2) is 6.10 Å². The average Bonchev–Trinajstić information content (AvgIpc) is 3.09. The molecule has 0 saturated carbocycles. The van der Waals surface area contributed by atoms with Crippen molar-refractivity contribution in [2.24, 2.45) is 0 Å². The van der Waals surface area contributed by atoms with Gasteiger partial charge in [-0.15, -0.1) is 0 Å². The van der Waals surface area contributed by atoms with Gasteiger partial charge in [-0.1, -0.05) is 24.3 Å². The van der Waals surface area contributed by atoms with Gasteiger partial charge in [0.25, 0.3) is 5.91 Å². The number of fused-ring (bicyclic) bond motifs is 1. The summed E-state index contributed by atoms with van der Waals surface area (Å²) < 4.78 is 5.25. The van der Waals surface area contributed by atoms with Crippen LogP contribution in [0.3, 0.4) is 0 Å². The zero-order chi connectivity index (χ0) is 18.5. The Morgan fingerprint density at radius 2 is 2.00 bits per heavy atom. The summed E-state index contributed by atoms with van der Waals surface area (Å²) in [6.45, 7) is 1.53. The second-order valence-electron chi connectivity index (χ2n) is 6.45. The van der Waals surface area contributed by atoms with E-state index in [1.165, 1.54) is 18.1 Å². The molecule has 0 heterocycles. The summed E-state index contributed by atoms with van der Waals surface area (Å²) in [4.78, 5) is 24.3. The van der Waals surface area contributed by atoms with E-state index >= 15 is 0 Å². The molecule has 1 atom stereocenters. The lowest BCUT2D eigenvalue weighted by Gasteiger charge is -2.14. The summed E-state index contributed by atoms with van der Waals surface area (Å²) in [6.07, 6.45) is 2.55. The molecule has 0 bridgehead atoms. The molecule has 132 valence electrons. The molecular weight excluding hydrogens is 328 g/mol. The Labute approximate surface area is 152 Å². The van der Waals surface area contributed by atoms with Crippen LogP contribution in [0.1, 0.15) is 35.6 Å². The van der Waals surface area contributed by atoms with Crippen LogP contribution in [-0.2, 0) is 33.6 Å². The highest BCUT2D eigenvalue weighted by molar-refractivity contribution is 5.95. The van der Waals surface area contributed by atoms with E-state index in [0.29, 0.717) is 11.3 Å². The van der Waals surface area contributed by atoms with Crippen molar-refractivity contribution in [2.45, 2.75) is 38.7 Å². The van der Waals surface area contributed by atoms with Crippen LogP contribution in [0.5, 0.6) is 0 Å². The van der Waals surface area contributed by atoms with Crippen LogP contribution in [-0.4, -0.2) is 18.0 Å². The topological polar surface area (TPSA) is 79.2 Å². The normalized spacial score (nSPS) is 13.4. The van der Waals surface area contributed by atoms with Crippen molar-refractivity contribution in [3.8, 4) is 6.07 Å². The predicted molar refractivity (Wildman–Crippen MR) is 97.5 cm³/mol. The zero-order valence-electron chi connectivity index (χ0n) is 14.6. The molecule has 3 rings (SSSR count). The number of amides is 1. The second kappa shape index (κ2) is 7.83. The number of rotatable bonds is 5. The van der Waals surface area contributed by atoms with Gasteiger partial charge in [-0.2, -0.15) is 5.26 Å². The molecular formula is C21H20N2O3. The number of hydrogen-bond acceptors (Lipinski definition) is 4. The maximum Gasteiger partial charge on any atom is 0.311 e. The van der Waals surface area contributed by atoms with Gasteiger partial charge < -0.3 is 10.1 Å². The Hall–Kier alpha value is -3.13. The third-order valence-corrected chi connectivity index (χ3v) is 4.45. The fraction of sp³-hybridized carbons (Fsp3) is 0.286. The molecule has 5 heteroatoms. The van der Waals surface area contributed by atoms with E-state index in [9.17, 15) is 9.59 Å². The second-order valence-corrected chi connectivity index (χ2v) is 6.45. The van der Waals surface area contributed by atoms with Crippen molar-refractivity contribution in [1.82, 2.24) is 0 Å². The van der Waals surface area contributed by atoms with Gasteiger partial charge in [0.2, 0.25) is 0 Å². The summed E-state index contributed by atoms with van der Waals surface area (Å²) in [5.74, 6) is -0.862. The molecule has 0 unspecified atom stereocenters. The lowest BCUT2D eigenvalue weighted by molar-refractivity contribution is -0.152. The Bertz CT molecular complexity index is 883. The van der Waals surface area contributed by atoms with Crippen LogP contribution in [0.15, 0.2) is 42.5 Å². The summed E-state index contributed by atoms with van der Waals surface area (Å²) in [6, 6.07) is 14.7. The minimum absolute atomic E-state index is 0.148. The Kier molecular flexibility index (Phi) is 5.33. The molecule has 0 fully saturated rings. The average molecular weight is 348 g/mol. The lowest BCUT2D eigenvalue weighted by atomic mass is 10.0. The first-order valence-corrected chi connectivity index (χ1v) is 8.66. The Morgan fingerprint density at radius 1 is 1.19 bits per heavy atom. The van der Waals surface area contributed by atoms with Crippen molar-refractivity contribution >= 4 is 17.6 Å². The highest BCUT2D eigenvalue weighted by atomic mass is 16.5. The molecule has 1 N–H and O–H groups in total. The van der Waals surface area contributed by atoms with Gasteiger partial charge in [-0.05, 0) is 61.1 Å². The number of hydrogen-bond donors (Lipinski definition) is 1. The number of benzene rings is 2. The van der Waals surface area contributed by atoms with E-state index in [4.69, 9.17) is 10.00 Å². The molecule has 2 aromatic rings. The minimum Gasteiger partial charge on any atom is -0.452 e. The van der Waals surface area contributed by atoms with Gasteiger partial charge in [-0.25, -0.2) is 0 Å². The zero-order valence-corrected chi connectivity index (χ0v) is 14.6. The molecule has 2 aromatic carbocycles. The molecule has 1 amide bonds. The van der Waals surface area contributed by atoms with E-state index in [0.717, 1.165) is 24.8 Å². The third kappa shape index (κ3) is 4.28. The smallest absolute Gasteiger partial charge is 0.311 e. The fourth-order valence-electron chi connectivity index (χ4n) is 3.10. The number of esters is 1. The number of nitrogens with one attached hydrogen (secondary N) is 1. The molecule has 0 aliphatic heterocycles. The molecule has 1 aliphatic carbocycles. The van der Waals surface area contributed by atoms with Crippen LogP contribution >= 0.6 is 0 Å². The maximum absolute atomic E-state index is 12.2. The van der Waals surface area contributed by atoms with Crippen LogP contribution in [0.25, 0.3) is 0 Å². The van der Waals surface area contributed by atoms with Gasteiger partial charge in [0.05, 0.1) is 18.1 Å². The summed E-state index contributed by atoms with van der Waals surface area (Å²) in [5, 5.41) is 11.5. The number of carbonyl (C=O) groups excluding carboxylic acids is 2. The number of nitrogens with zero attached hydrogens (tertiary/aromatic N) is 1. The highest BCUT2D eigenvalue weighted by Crippen LogP contribution is 2.23. The molecule has 26 heavy (non-hydrogen) atoms. The van der Waals surface area contributed by atoms with Crippen molar-refractivity contribution in [2.75, 3.05) is 5.32 Å². The lowest BCUT2D eigenvalue weighted by Crippen LogP contribution is -2.30. The molecule has 1 aliphatic rings. The number of carbonyl (C=O) groups is 2. The minimum atomic E-state index is -0.914. The number of anilines is 1. The van der Waals surface area contributed by atoms with E-state index in [-0.39, 0.29) is 6.42 Å². The fourth-order valence-corrected chi connectivity index (χ4v) is 3.10. The third-order valence-electron chi connectivity index (χ3n) is 4.45. The van der Waals surface area contributed by atoms with Crippen molar-refractivity contribution in [1.29, 1.82) is 5.26 Å². The highest BCUT2D eigenvalue weighted by Gasteiger charge is 2.19. The van der Waals surface area contributed by atoms with Crippen LogP contribution in [0.4, 0.5) is 5.69 Å². The van der Waals surface area contributed by atoms with Crippen LogP contribution in [0, 0.1) is 11.3 Å². The summed E-state index contributed by atoms with van der Waals surface area (Å²) in [7, 11) is 0. The van der Waals surface area contributed by atoms with Crippen molar-refractivity contribution < 1.29 is 14.3 Å². The van der Waals surface area contributed by atoms with Crippen molar-refractivity contribution in [3.63, 3.8) is 0 Å². The Balaban J connectivity index is 1.55. The van der Waals surface area contributed by atoms with Crippen LogP contribution < -0.4 is 5.32 Å². The monoisotopic (exact) mass is 348 g/mol. The number of aryl methyl sites for hydroxylation is 2. The summed E-state index contributed by atoms with van der Waals surface area (Å²) in [5.41, 5.74) is 4.51. The van der Waals surface area contributed by atoms with E-state index < -0.39 is 18.0 Å². The first kappa shape index (κ1) is 17.7. The summed E-state index contributed by atoms with van der Waals surface area (Å²) >= 11 is 0. The number of ether oxygens (including phenoxy) is 1. The van der Waals surface area contributed by atoms with Gasteiger partial charge >= 0.3 is 5.97 Å². The molecule has 0 saturated heterocycles. The van der Waals surface area contributed by atoms with Gasteiger partial charge in [0, 0.05) is 5.69 Å². The van der Waals surface area contributed by atoms with Gasteiger partial charge in [0.1, 0.15) is 0 Å². The van der Waals surface area contributed by atoms with E-state index in [1.807, 2.05) is 12.1 Å². The molecule has 5 nitrogen and oxygen atoms in total. The SMILES string of the molecule is C[C@@H](OC(=O)Cc1ccc2c(c1)CCC2)C(=O)Nc1cccc(C#N)c1. The first-order chi connectivity index (χ1) is 12.5. The largest absolute Gasteiger partial charge is 0.452 e. The Morgan fingerprint density at radius 3 is 2.81 bits per heavy atom. The first-order valence-electron chi connectivity index (χ1n) is 8.66. The predicted octanol–water partition coefficient (Wildman–Crippen LogP) is 3.16.